The van der Waals surface area contributed by atoms with Gasteiger partial charge < -0.3 is 10.4 Å². The van der Waals surface area contributed by atoms with Crippen molar-refractivity contribution in [3.63, 3.8) is 0 Å². The maximum absolute atomic E-state index is 11.9. The third-order valence-electron chi connectivity index (χ3n) is 3.61. The number of aliphatic carboxylic acids is 1. The van der Waals surface area contributed by atoms with Crippen molar-refractivity contribution in [3.05, 3.63) is 41.5 Å². The fourth-order valence-corrected chi connectivity index (χ4v) is 3.31. The van der Waals surface area contributed by atoms with Crippen LogP contribution in [-0.4, -0.2) is 28.5 Å². The van der Waals surface area contributed by atoms with E-state index in [0.29, 0.717) is 0 Å². The van der Waals surface area contributed by atoms with E-state index in [9.17, 15) is 9.59 Å². The van der Waals surface area contributed by atoms with E-state index >= 15 is 0 Å². The number of thioether (sulfide) groups is 1. The topological polar surface area (TPSA) is 66.4 Å². The lowest BCUT2D eigenvalue weighted by Gasteiger charge is -2.10. The van der Waals surface area contributed by atoms with Gasteiger partial charge >= 0.3 is 5.97 Å². The van der Waals surface area contributed by atoms with E-state index in [0.717, 1.165) is 35.7 Å². The number of nitrogens with one attached hydrogen (secondary N) is 1. The molecule has 0 saturated carbocycles. The first-order valence-corrected chi connectivity index (χ1v) is 7.93. The predicted octanol–water partition coefficient (Wildman–Crippen LogP) is 2.69. The van der Waals surface area contributed by atoms with Gasteiger partial charge in [-0.2, -0.15) is 0 Å². The number of carbonyl (C=O) groups is 2. The van der Waals surface area contributed by atoms with Crippen LogP contribution in [0.4, 0.5) is 5.69 Å². The minimum atomic E-state index is -0.905. The van der Waals surface area contributed by atoms with Gasteiger partial charge in [-0.1, -0.05) is 24.3 Å². The molecule has 2 aromatic carbocycles. The Labute approximate surface area is 126 Å². The molecule has 3 rings (SSSR count). The molecule has 4 nitrogen and oxygen atoms in total. The number of carboxylic acid groups (broad SMARTS) is 1. The highest BCUT2D eigenvalue weighted by Gasteiger charge is 2.16. The van der Waals surface area contributed by atoms with Crippen LogP contribution in [0.3, 0.4) is 0 Å². The van der Waals surface area contributed by atoms with E-state index in [2.05, 4.69) is 17.4 Å². The lowest BCUT2D eigenvalue weighted by molar-refractivity contribution is -0.133. The molecule has 108 valence electrons. The number of amides is 1. The van der Waals surface area contributed by atoms with Gasteiger partial charge in [-0.25, -0.2) is 0 Å². The van der Waals surface area contributed by atoms with Crippen LogP contribution in [0, 0.1) is 0 Å². The minimum absolute atomic E-state index is 0.0583. The second kappa shape index (κ2) is 5.77. The average Bonchev–Trinajstić information content (AvgIpc) is 2.86. The monoisotopic (exact) mass is 301 g/mol. The van der Waals surface area contributed by atoms with E-state index in [4.69, 9.17) is 5.11 Å². The fourth-order valence-electron chi connectivity index (χ4n) is 2.77. The lowest BCUT2D eigenvalue weighted by Crippen LogP contribution is -2.15. The molecule has 1 amide bonds. The van der Waals surface area contributed by atoms with Crippen LogP contribution < -0.4 is 5.32 Å². The quantitative estimate of drug-likeness (QED) is 0.891. The lowest BCUT2D eigenvalue weighted by atomic mass is 10.0. The highest BCUT2D eigenvalue weighted by Crippen LogP contribution is 2.34. The number of hydrogen-bond acceptors (Lipinski definition) is 3. The Morgan fingerprint density at radius 2 is 1.86 bits per heavy atom. The van der Waals surface area contributed by atoms with Crippen molar-refractivity contribution in [2.24, 2.45) is 0 Å². The predicted molar refractivity (Wildman–Crippen MR) is 84.9 cm³/mol. The van der Waals surface area contributed by atoms with Crippen LogP contribution in [0.15, 0.2) is 30.3 Å². The van der Waals surface area contributed by atoms with Crippen LogP contribution >= 0.6 is 11.8 Å². The number of anilines is 1. The van der Waals surface area contributed by atoms with Crippen molar-refractivity contribution < 1.29 is 14.7 Å². The van der Waals surface area contributed by atoms with E-state index in [1.165, 1.54) is 16.5 Å². The van der Waals surface area contributed by atoms with Crippen molar-refractivity contribution in [3.8, 4) is 0 Å². The Morgan fingerprint density at radius 3 is 2.62 bits per heavy atom. The smallest absolute Gasteiger partial charge is 0.313 e. The number of carboxylic acids is 1. The molecule has 0 aliphatic heterocycles. The molecule has 0 heterocycles. The number of carbonyl (C=O) groups excluding carboxylic acids is 1. The molecule has 0 spiro atoms. The van der Waals surface area contributed by atoms with E-state index < -0.39 is 5.97 Å². The van der Waals surface area contributed by atoms with Gasteiger partial charge in [0.2, 0.25) is 5.91 Å². The summed E-state index contributed by atoms with van der Waals surface area (Å²) >= 11 is 1.10. The molecule has 0 atom stereocenters. The summed E-state index contributed by atoms with van der Waals surface area (Å²) in [5.41, 5.74) is 3.47. The van der Waals surface area contributed by atoms with Crippen LogP contribution in [-0.2, 0) is 22.4 Å². The van der Waals surface area contributed by atoms with Crippen molar-refractivity contribution in [1.82, 2.24) is 0 Å². The van der Waals surface area contributed by atoms with Crippen LogP contribution in [0.5, 0.6) is 0 Å². The number of rotatable bonds is 5. The summed E-state index contributed by atoms with van der Waals surface area (Å²) in [6.45, 7) is 0. The normalized spacial score (nSPS) is 12.6. The Kier molecular flexibility index (Phi) is 3.84. The van der Waals surface area contributed by atoms with E-state index in [1.807, 2.05) is 18.2 Å². The molecule has 21 heavy (non-hydrogen) atoms. The third kappa shape index (κ3) is 2.88. The first kappa shape index (κ1) is 13.9. The molecule has 0 saturated heterocycles. The van der Waals surface area contributed by atoms with Gasteiger partial charge in [0.05, 0.1) is 11.5 Å². The molecule has 0 aromatic heterocycles. The molecule has 2 N–H and O–H groups in total. The first-order valence-electron chi connectivity index (χ1n) is 6.78. The summed E-state index contributed by atoms with van der Waals surface area (Å²) in [4.78, 5) is 22.3. The van der Waals surface area contributed by atoms with Gasteiger partial charge in [-0.05, 0) is 35.4 Å². The summed E-state index contributed by atoms with van der Waals surface area (Å²) in [7, 11) is 0. The standard InChI is InChI=1S/C16H15NO3S/c18-14(8-21-9-15(19)20)17-13-7-6-11-5-4-10-2-1-3-12(13)16(10)11/h1-3,6-7H,4-5,8-9H2,(H,17,18)(H,19,20). The number of hydrogen-bond donors (Lipinski definition) is 2. The summed E-state index contributed by atoms with van der Waals surface area (Å²) < 4.78 is 0. The maximum atomic E-state index is 11.9. The minimum Gasteiger partial charge on any atom is -0.481 e. The third-order valence-corrected chi connectivity index (χ3v) is 4.53. The molecule has 5 heteroatoms. The second-order valence-corrected chi connectivity index (χ2v) is 6.03. The number of aryl methyl sites for hydroxylation is 2. The molecule has 2 aromatic rings. The van der Waals surface area contributed by atoms with Gasteiger partial charge in [0.1, 0.15) is 0 Å². The zero-order chi connectivity index (χ0) is 14.8. The molecule has 0 unspecified atom stereocenters. The van der Waals surface area contributed by atoms with Crippen molar-refractivity contribution in [1.29, 1.82) is 0 Å². The summed E-state index contributed by atoms with van der Waals surface area (Å²) in [5.74, 6) is -0.981. The zero-order valence-corrected chi connectivity index (χ0v) is 12.2. The molecule has 1 aliphatic carbocycles. The molecule has 0 radical (unpaired) electrons. The highest BCUT2D eigenvalue weighted by molar-refractivity contribution is 8.00. The van der Waals surface area contributed by atoms with Gasteiger partial charge in [-0.3, -0.25) is 9.59 Å². The molecule has 0 bridgehead atoms. The van der Waals surface area contributed by atoms with Crippen molar-refractivity contribution in [2.75, 3.05) is 16.8 Å². The summed E-state index contributed by atoms with van der Waals surface area (Å²) in [6.07, 6.45) is 2.11. The van der Waals surface area contributed by atoms with Gasteiger partial charge in [0.15, 0.2) is 0 Å². The van der Waals surface area contributed by atoms with Crippen molar-refractivity contribution in [2.45, 2.75) is 12.8 Å². The molecule has 0 fully saturated rings. The van der Waals surface area contributed by atoms with Crippen LogP contribution in [0.1, 0.15) is 11.1 Å². The van der Waals surface area contributed by atoms with E-state index in [1.54, 1.807) is 0 Å². The second-order valence-electron chi connectivity index (χ2n) is 5.05. The van der Waals surface area contributed by atoms with Gasteiger partial charge in [-0.15, -0.1) is 11.8 Å². The first-order chi connectivity index (χ1) is 10.1. The molecular weight excluding hydrogens is 286 g/mol. The average molecular weight is 301 g/mol. The molecule has 1 aliphatic rings. The maximum Gasteiger partial charge on any atom is 0.313 e. The summed E-state index contributed by atoms with van der Waals surface area (Å²) in [6, 6.07) is 10.2. The highest BCUT2D eigenvalue weighted by atomic mass is 32.2. The SMILES string of the molecule is O=C(O)CSCC(=O)Nc1ccc2c3c(cccc13)CC2. The Bertz CT molecular complexity index is 717. The summed E-state index contributed by atoms with van der Waals surface area (Å²) in [5, 5.41) is 13.8. The molecular formula is C16H15NO3S. The largest absolute Gasteiger partial charge is 0.481 e. The van der Waals surface area contributed by atoms with Gasteiger partial charge in [0, 0.05) is 11.1 Å². The Morgan fingerprint density at radius 1 is 1.10 bits per heavy atom. The zero-order valence-electron chi connectivity index (χ0n) is 11.4. The van der Waals surface area contributed by atoms with Gasteiger partial charge in [0.25, 0.3) is 0 Å². The number of benzene rings is 2. The van der Waals surface area contributed by atoms with Crippen LogP contribution in [0.25, 0.3) is 10.8 Å². The van der Waals surface area contributed by atoms with Crippen LogP contribution in [0.2, 0.25) is 0 Å². The Balaban J connectivity index is 1.79. The van der Waals surface area contributed by atoms with Crippen molar-refractivity contribution >= 4 is 40.1 Å². The fraction of sp³-hybridized carbons (Fsp3) is 0.250. The Hall–Kier alpha value is -2.01. The van der Waals surface area contributed by atoms with E-state index in [-0.39, 0.29) is 17.4 Å².